The summed E-state index contributed by atoms with van der Waals surface area (Å²) in [6, 6.07) is 4.95. The number of benzene rings is 1. The number of nitrogens with zero attached hydrogens (tertiary/aromatic N) is 2. The molecule has 102 valence electrons. The van der Waals surface area contributed by atoms with Crippen LogP contribution in [0, 0.1) is 0 Å². The Balaban J connectivity index is 1.93. The van der Waals surface area contributed by atoms with E-state index in [1.54, 1.807) is 29.8 Å². The van der Waals surface area contributed by atoms with Crippen LogP contribution in [0.15, 0.2) is 39.0 Å². The number of carbonyl (C=O) groups is 1. The van der Waals surface area contributed by atoms with Crippen molar-refractivity contribution in [2.45, 2.75) is 6.54 Å². The van der Waals surface area contributed by atoms with Crippen molar-refractivity contribution >= 4 is 39.2 Å². The molecular formula is C12H10N4O3S. The maximum Gasteiger partial charge on any atom is 0.420 e. The van der Waals surface area contributed by atoms with E-state index in [1.807, 2.05) is 0 Å². The van der Waals surface area contributed by atoms with E-state index in [2.05, 4.69) is 10.3 Å². The van der Waals surface area contributed by atoms with Crippen molar-refractivity contribution in [1.82, 2.24) is 9.55 Å². The van der Waals surface area contributed by atoms with Crippen LogP contribution in [0.2, 0.25) is 0 Å². The van der Waals surface area contributed by atoms with E-state index in [-0.39, 0.29) is 12.5 Å². The van der Waals surface area contributed by atoms with Crippen LogP contribution in [0.4, 0.5) is 10.8 Å². The Labute approximate surface area is 116 Å². The molecule has 1 amide bonds. The van der Waals surface area contributed by atoms with Gasteiger partial charge < -0.3 is 15.5 Å². The van der Waals surface area contributed by atoms with Crippen LogP contribution in [0.3, 0.4) is 0 Å². The molecule has 0 radical (unpaired) electrons. The van der Waals surface area contributed by atoms with Gasteiger partial charge in [-0.3, -0.25) is 9.36 Å². The van der Waals surface area contributed by atoms with Crippen molar-refractivity contribution in [1.29, 1.82) is 0 Å². The molecule has 0 saturated heterocycles. The molecule has 1 aromatic carbocycles. The molecule has 2 aromatic heterocycles. The van der Waals surface area contributed by atoms with Crippen molar-refractivity contribution in [3.05, 3.63) is 40.3 Å². The Bertz CT molecular complexity index is 819. The number of carbonyl (C=O) groups excluding carboxylic acids is 1. The SMILES string of the molecule is Nc1cccc2oc(=O)n(CC(=O)Nc3nccs3)c12. The minimum absolute atomic E-state index is 0.181. The number of amides is 1. The Hall–Kier alpha value is -2.61. The number of hydrogen-bond acceptors (Lipinski definition) is 6. The van der Waals surface area contributed by atoms with Gasteiger partial charge in [0.15, 0.2) is 10.7 Å². The van der Waals surface area contributed by atoms with Crippen molar-refractivity contribution in [3.8, 4) is 0 Å². The van der Waals surface area contributed by atoms with Gasteiger partial charge in [0.25, 0.3) is 0 Å². The fraction of sp³-hybridized carbons (Fsp3) is 0.0833. The Morgan fingerprint density at radius 2 is 2.35 bits per heavy atom. The van der Waals surface area contributed by atoms with Gasteiger partial charge in [-0.05, 0) is 12.1 Å². The van der Waals surface area contributed by atoms with Crippen molar-refractivity contribution in [2.75, 3.05) is 11.1 Å². The zero-order chi connectivity index (χ0) is 14.1. The number of hydrogen-bond donors (Lipinski definition) is 2. The number of fused-ring (bicyclic) bond motifs is 1. The highest BCUT2D eigenvalue weighted by Gasteiger charge is 2.15. The van der Waals surface area contributed by atoms with Crippen LogP contribution >= 0.6 is 11.3 Å². The first-order valence-electron chi connectivity index (χ1n) is 5.72. The van der Waals surface area contributed by atoms with Crippen LogP contribution in [0.5, 0.6) is 0 Å². The molecule has 3 aromatic rings. The lowest BCUT2D eigenvalue weighted by Crippen LogP contribution is -2.25. The number of rotatable bonds is 3. The first-order valence-corrected chi connectivity index (χ1v) is 6.60. The summed E-state index contributed by atoms with van der Waals surface area (Å²) in [5.74, 6) is -0.986. The predicted molar refractivity (Wildman–Crippen MR) is 75.6 cm³/mol. The van der Waals surface area contributed by atoms with Gasteiger partial charge in [0.2, 0.25) is 5.91 Å². The molecule has 0 saturated carbocycles. The summed E-state index contributed by atoms with van der Waals surface area (Å²) >= 11 is 1.30. The second kappa shape index (κ2) is 4.82. The Morgan fingerprint density at radius 1 is 1.50 bits per heavy atom. The summed E-state index contributed by atoms with van der Waals surface area (Å²) in [5.41, 5.74) is 6.99. The number of thiazole rings is 1. The van der Waals surface area contributed by atoms with Crippen molar-refractivity contribution < 1.29 is 9.21 Å². The van der Waals surface area contributed by atoms with E-state index >= 15 is 0 Å². The highest BCUT2D eigenvalue weighted by atomic mass is 32.1. The van der Waals surface area contributed by atoms with E-state index in [9.17, 15) is 9.59 Å². The zero-order valence-corrected chi connectivity index (χ0v) is 11.0. The third-order valence-corrected chi connectivity index (χ3v) is 3.39. The highest BCUT2D eigenvalue weighted by Crippen LogP contribution is 2.19. The lowest BCUT2D eigenvalue weighted by molar-refractivity contribution is -0.116. The zero-order valence-electron chi connectivity index (χ0n) is 10.2. The van der Waals surface area contributed by atoms with Gasteiger partial charge in [0.1, 0.15) is 12.1 Å². The standard InChI is InChI=1S/C12H10N4O3S/c13-7-2-1-3-8-10(7)16(12(18)19-8)6-9(17)15-11-14-4-5-20-11/h1-5H,6,13H2,(H,14,15,17). The largest absolute Gasteiger partial charge is 0.420 e. The predicted octanol–water partition coefficient (Wildman–Crippen LogP) is 1.27. The number of aromatic nitrogens is 2. The summed E-state index contributed by atoms with van der Waals surface area (Å²) < 4.78 is 6.25. The van der Waals surface area contributed by atoms with E-state index in [0.717, 1.165) is 0 Å². The highest BCUT2D eigenvalue weighted by molar-refractivity contribution is 7.13. The molecule has 3 rings (SSSR count). The second-order valence-corrected chi connectivity index (χ2v) is 4.93. The molecule has 20 heavy (non-hydrogen) atoms. The second-order valence-electron chi connectivity index (χ2n) is 4.03. The van der Waals surface area contributed by atoms with Crippen LogP contribution in [0.1, 0.15) is 0 Å². The smallest absolute Gasteiger partial charge is 0.408 e. The van der Waals surface area contributed by atoms with Gasteiger partial charge in [0, 0.05) is 11.6 Å². The lowest BCUT2D eigenvalue weighted by atomic mass is 10.3. The number of anilines is 2. The van der Waals surface area contributed by atoms with Crippen LogP contribution in [-0.4, -0.2) is 15.5 Å². The number of para-hydroxylation sites is 1. The van der Waals surface area contributed by atoms with Gasteiger partial charge in [0.05, 0.1) is 5.69 Å². The van der Waals surface area contributed by atoms with E-state index in [4.69, 9.17) is 10.2 Å². The molecule has 0 atom stereocenters. The van der Waals surface area contributed by atoms with Gasteiger partial charge in [-0.1, -0.05) is 6.07 Å². The number of oxazole rings is 1. The minimum atomic E-state index is -0.618. The Morgan fingerprint density at radius 3 is 3.10 bits per heavy atom. The van der Waals surface area contributed by atoms with Crippen molar-refractivity contribution in [3.63, 3.8) is 0 Å². The van der Waals surface area contributed by atoms with Gasteiger partial charge >= 0.3 is 5.76 Å². The summed E-state index contributed by atoms with van der Waals surface area (Å²) in [4.78, 5) is 27.6. The summed E-state index contributed by atoms with van der Waals surface area (Å²) in [7, 11) is 0. The fourth-order valence-electron chi connectivity index (χ4n) is 1.88. The van der Waals surface area contributed by atoms with Gasteiger partial charge in [-0.25, -0.2) is 9.78 Å². The maximum absolute atomic E-state index is 11.9. The molecule has 8 heteroatoms. The van der Waals surface area contributed by atoms with E-state index in [0.29, 0.717) is 21.9 Å². The van der Waals surface area contributed by atoms with E-state index < -0.39 is 5.76 Å². The van der Waals surface area contributed by atoms with Crippen LogP contribution in [0.25, 0.3) is 11.1 Å². The van der Waals surface area contributed by atoms with E-state index in [1.165, 1.54) is 15.9 Å². The molecule has 0 aliphatic carbocycles. The fourth-order valence-corrected chi connectivity index (χ4v) is 2.43. The van der Waals surface area contributed by atoms with Gasteiger partial charge in [-0.2, -0.15) is 0 Å². The van der Waals surface area contributed by atoms with Gasteiger partial charge in [-0.15, -0.1) is 11.3 Å². The molecule has 7 nitrogen and oxygen atoms in total. The summed E-state index contributed by atoms with van der Waals surface area (Å²) in [6.45, 7) is -0.181. The molecule has 0 unspecified atom stereocenters. The van der Waals surface area contributed by atoms with Crippen LogP contribution in [-0.2, 0) is 11.3 Å². The quantitative estimate of drug-likeness (QED) is 0.707. The molecule has 0 fully saturated rings. The first kappa shape index (κ1) is 12.4. The summed E-state index contributed by atoms with van der Waals surface area (Å²) in [5, 5.41) is 4.82. The lowest BCUT2D eigenvalue weighted by Gasteiger charge is -2.03. The summed E-state index contributed by atoms with van der Waals surface area (Å²) in [6.07, 6.45) is 1.58. The molecule has 2 heterocycles. The molecule has 0 bridgehead atoms. The maximum atomic E-state index is 11.9. The average Bonchev–Trinajstić information content (AvgIpc) is 2.99. The Kier molecular flexibility index (Phi) is 2.99. The minimum Gasteiger partial charge on any atom is -0.408 e. The third kappa shape index (κ3) is 2.16. The monoisotopic (exact) mass is 290 g/mol. The molecule has 0 aliphatic heterocycles. The normalized spacial score (nSPS) is 10.8. The molecule has 0 spiro atoms. The topological polar surface area (TPSA) is 103 Å². The third-order valence-electron chi connectivity index (χ3n) is 2.70. The number of nitrogens with two attached hydrogens (primary N) is 1. The number of nitrogen functional groups attached to an aromatic ring is 1. The molecule has 3 N–H and O–H groups in total. The molecule has 0 aliphatic rings. The first-order chi connectivity index (χ1) is 9.65. The molecular weight excluding hydrogens is 280 g/mol. The van der Waals surface area contributed by atoms with Crippen molar-refractivity contribution in [2.24, 2.45) is 0 Å². The average molecular weight is 290 g/mol. The van der Waals surface area contributed by atoms with Crippen LogP contribution < -0.4 is 16.8 Å². The number of nitrogens with one attached hydrogen (secondary N) is 1.